The lowest BCUT2D eigenvalue weighted by Crippen LogP contribution is -2.22. The molecule has 0 saturated heterocycles. The maximum absolute atomic E-state index is 14.9. The van der Waals surface area contributed by atoms with Crippen molar-refractivity contribution in [3.63, 3.8) is 0 Å². The van der Waals surface area contributed by atoms with Gasteiger partial charge in [-0.15, -0.1) is 0 Å². The highest BCUT2D eigenvalue weighted by atomic mass is 19.4. The highest BCUT2D eigenvalue weighted by Gasteiger charge is 2.48. The second-order valence-electron chi connectivity index (χ2n) is 8.43. The third kappa shape index (κ3) is 4.19. The van der Waals surface area contributed by atoms with Crippen molar-refractivity contribution < 1.29 is 50.2 Å². The summed E-state index contributed by atoms with van der Waals surface area (Å²) in [5.74, 6) is -3.04. The molecule has 0 unspecified atom stereocenters. The van der Waals surface area contributed by atoms with Crippen LogP contribution in [-0.4, -0.2) is 29.0 Å². The zero-order valence-electron chi connectivity index (χ0n) is 18.2. The highest BCUT2D eigenvalue weighted by Crippen LogP contribution is 2.52. The number of hydrogen-bond donors (Lipinski definition) is 1. The van der Waals surface area contributed by atoms with E-state index in [1.54, 1.807) is 0 Å². The number of fused-ring (bicyclic) bond motifs is 2. The van der Waals surface area contributed by atoms with E-state index in [-0.39, 0.29) is 36.3 Å². The average Bonchev–Trinajstić information content (AvgIpc) is 3.16. The van der Waals surface area contributed by atoms with E-state index in [0.717, 1.165) is 4.90 Å². The number of carbonyl (C=O) groups is 2. The zero-order valence-corrected chi connectivity index (χ0v) is 18.2. The highest BCUT2D eigenvalue weighted by molar-refractivity contribution is 5.85. The normalized spacial score (nSPS) is 15.5. The van der Waals surface area contributed by atoms with E-state index < -0.39 is 82.6 Å². The number of carboxylic acid groups (broad SMARTS) is 1. The Balaban J connectivity index is 2.22. The number of rotatable bonds is 4. The maximum atomic E-state index is 14.9. The molecular weight excluding hydrogens is 487 g/mol. The molecule has 1 N–H and O–H groups in total. The van der Waals surface area contributed by atoms with Crippen molar-refractivity contribution in [1.29, 1.82) is 0 Å². The summed E-state index contributed by atoms with van der Waals surface area (Å²) in [4.78, 5) is 23.6. The predicted molar refractivity (Wildman–Crippen MR) is 107 cm³/mol. The Morgan fingerprint density at radius 3 is 2.23 bits per heavy atom. The first-order valence-corrected chi connectivity index (χ1v) is 10.5. The van der Waals surface area contributed by atoms with E-state index in [1.165, 1.54) is 6.92 Å². The second-order valence-corrected chi connectivity index (χ2v) is 8.43. The van der Waals surface area contributed by atoms with Crippen molar-refractivity contribution >= 4 is 12.4 Å². The summed E-state index contributed by atoms with van der Waals surface area (Å²) in [7, 11) is 0. The van der Waals surface area contributed by atoms with Crippen LogP contribution >= 0.6 is 0 Å². The zero-order chi connectivity index (χ0) is 25.9. The molecule has 0 aromatic heterocycles. The minimum Gasteiger partial charge on any atom is -0.490 e. The quantitative estimate of drug-likeness (QED) is 0.455. The standard InChI is InChI=1S/C23H18F7NO4/c1-10-11-3-2-4-35-21(11)16(24)5-12(10)18-13(6-17(33)34)19(22(25,26)27)14-7-31(9-32)8-15(14)20(18)23(28,29)30/h5,9H,2-4,6-8H2,1H3,(H,33,34). The Labute approximate surface area is 194 Å². The molecule has 2 aromatic carbocycles. The Morgan fingerprint density at radius 1 is 1.09 bits per heavy atom. The SMILES string of the molecule is Cc1c(-c2c(CC(=O)O)c(C(F)(F)F)c3c(c2C(F)(F)F)CN(C=O)C3)cc(F)c2c1CCCO2. The van der Waals surface area contributed by atoms with E-state index in [9.17, 15) is 45.4 Å². The second kappa shape index (κ2) is 8.42. The molecule has 0 spiro atoms. The molecule has 2 aliphatic rings. The van der Waals surface area contributed by atoms with Gasteiger partial charge in [-0.2, -0.15) is 26.3 Å². The summed E-state index contributed by atoms with van der Waals surface area (Å²) in [6, 6.07) is 0.661. The van der Waals surface area contributed by atoms with Gasteiger partial charge >= 0.3 is 18.3 Å². The van der Waals surface area contributed by atoms with Gasteiger partial charge < -0.3 is 14.7 Å². The number of aliphatic carboxylic acids is 1. The van der Waals surface area contributed by atoms with E-state index in [0.29, 0.717) is 12.5 Å². The van der Waals surface area contributed by atoms with Gasteiger partial charge in [0, 0.05) is 18.7 Å². The lowest BCUT2D eigenvalue weighted by Gasteiger charge is -2.28. The van der Waals surface area contributed by atoms with E-state index in [2.05, 4.69) is 0 Å². The van der Waals surface area contributed by atoms with Crippen LogP contribution in [0.25, 0.3) is 11.1 Å². The van der Waals surface area contributed by atoms with Crippen molar-refractivity contribution in [2.45, 2.75) is 51.6 Å². The van der Waals surface area contributed by atoms with Gasteiger partial charge in [-0.25, -0.2) is 4.39 Å². The van der Waals surface area contributed by atoms with E-state index in [4.69, 9.17) is 4.74 Å². The maximum Gasteiger partial charge on any atom is 0.417 e. The van der Waals surface area contributed by atoms with Crippen LogP contribution in [0, 0.1) is 12.7 Å². The smallest absolute Gasteiger partial charge is 0.417 e. The molecule has 5 nitrogen and oxygen atoms in total. The van der Waals surface area contributed by atoms with Crippen LogP contribution in [0.5, 0.6) is 5.75 Å². The minimum absolute atomic E-state index is 0.0663. The fraction of sp³-hybridized carbons (Fsp3) is 0.391. The van der Waals surface area contributed by atoms with Crippen molar-refractivity contribution in [1.82, 2.24) is 4.90 Å². The summed E-state index contributed by atoms with van der Waals surface area (Å²) >= 11 is 0. The number of carboxylic acids is 1. The topological polar surface area (TPSA) is 66.8 Å². The molecule has 35 heavy (non-hydrogen) atoms. The minimum atomic E-state index is -5.24. The van der Waals surface area contributed by atoms with Crippen molar-refractivity contribution in [3.8, 4) is 16.9 Å². The molecule has 0 radical (unpaired) electrons. The number of alkyl halides is 6. The van der Waals surface area contributed by atoms with Crippen LogP contribution in [0.15, 0.2) is 6.07 Å². The Morgan fingerprint density at radius 2 is 1.69 bits per heavy atom. The molecule has 1 amide bonds. The predicted octanol–water partition coefficient (Wildman–Crippen LogP) is 5.26. The summed E-state index contributed by atoms with van der Waals surface area (Å²) in [5.41, 5.74) is -7.01. The largest absolute Gasteiger partial charge is 0.490 e. The van der Waals surface area contributed by atoms with E-state index >= 15 is 0 Å². The van der Waals surface area contributed by atoms with Gasteiger partial charge in [-0.3, -0.25) is 9.59 Å². The summed E-state index contributed by atoms with van der Waals surface area (Å²) in [6.45, 7) is -0.0215. The Hall–Kier alpha value is -3.31. The number of amides is 1. The van der Waals surface area contributed by atoms with Crippen LogP contribution in [0.3, 0.4) is 0 Å². The average molecular weight is 505 g/mol. The molecule has 0 saturated carbocycles. The van der Waals surface area contributed by atoms with E-state index in [1.807, 2.05) is 0 Å². The first kappa shape index (κ1) is 24.8. The number of nitrogens with zero attached hydrogens (tertiary/aromatic N) is 1. The van der Waals surface area contributed by atoms with Gasteiger partial charge in [0.1, 0.15) is 0 Å². The van der Waals surface area contributed by atoms with Crippen molar-refractivity contribution in [2.24, 2.45) is 0 Å². The Kier molecular flexibility index (Phi) is 5.97. The monoisotopic (exact) mass is 505 g/mol. The molecule has 2 aliphatic heterocycles. The molecule has 188 valence electrons. The fourth-order valence-corrected chi connectivity index (χ4v) is 4.99. The molecule has 4 rings (SSSR count). The molecule has 0 fully saturated rings. The number of halogens is 7. The molecular formula is C23H18F7NO4. The Bertz CT molecular complexity index is 1230. The lowest BCUT2D eigenvalue weighted by molar-refractivity contribution is -0.143. The van der Waals surface area contributed by atoms with Crippen LogP contribution in [0.4, 0.5) is 30.7 Å². The van der Waals surface area contributed by atoms with Gasteiger partial charge in [0.05, 0.1) is 24.2 Å². The molecule has 0 bridgehead atoms. The van der Waals surface area contributed by atoms with Gasteiger partial charge in [0.15, 0.2) is 11.6 Å². The molecule has 0 atom stereocenters. The van der Waals surface area contributed by atoms with Crippen LogP contribution < -0.4 is 4.74 Å². The number of carbonyl (C=O) groups excluding carboxylic acids is 1. The number of benzene rings is 2. The van der Waals surface area contributed by atoms with Crippen LogP contribution in [-0.2, 0) is 47.9 Å². The van der Waals surface area contributed by atoms with Crippen molar-refractivity contribution in [3.05, 3.63) is 50.8 Å². The van der Waals surface area contributed by atoms with Gasteiger partial charge in [0.2, 0.25) is 6.41 Å². The summed E-state index contributed by atoms with van der Waals surface area (Å²) in [6.07, 6.45) is -11.1. The molecule has 0 aliphatic carbocycles. The third-order valence-corrected chi connectivity index (χ3v) is 6.29. The lowest BCUT2D eigenvalue weighted by atomic mass is 9.80. The molecule has 2 aromatic rings. The fourth-order valence-electron chi connectivity index (χ4n) is 4.99. The van der Waals surface area contributed by atoms with Gasteiger partial charge in [-0.1, -0.05) is 0 Å². The third-order valence-electron chi connectivity index (χ3n) is 6.29. The van der Waals surface area contributed by atoms with Gasteiger partial charge in [-0.05, 0) is 59.2 Å². The number of hydrogen-bond acceptors (Lipinski definition) is 3. The summed E-state index contributed by atoms with van der Waals surface area (Å²) in [5, 5.41) is 9.38. The molecule has 2 heterocycles. The number of ether oxygens (including phenoxy) is 1. The summed E-state index contributed by atoms with van der Waals surface area (Å²) < 4.78 is 107. The van der Waals surface area contributed by atoms with Gasteiger partial charge in [0.25, 0.3) is 0 Å². The first-order chi connectivity index (χ1) is 16.3. The van der Waals surface area contributed by atoms with Crippen LogP contribution in [0.2, 0.25) is 0 Å². The first-order valence-electron chi connectivity index (χ1n) is 10.5. The van der Waals surface area contributed by atoms with Crippen LogP contribution in [0.1, 0.15) is 45.4 Å². The molecule has 12 heteroatoms. The van der Waals surface area contributed by atoms with Crippen molar-refractivity contribution in [2.75, 3.05) is 6.61 Å².